The zero-order valence-electron chi connectivity index (χ0n) is 14.2. The van der Waals surface area contributed by atoms with Crippen LogP contribution in [0.15, 0.2) is 17.5 Å². The van der Waals surface area contributed by atoms with E-state index in [2.05, 4.69) is 22.4 Å². The average Bonchev–Trinajstić information content (AvgIpc) is 3.33. The van der Waals surface area contributed by atoms with Gasteiger partial charge < -0.3 is 5.73 Å². The Hall–Kier alpha value is -1.50. The number of anilines is 1. The SMILES string of the molecule is Nc1nc(CN2CCCC2c2cccs2)nc2sc3c(c12)CCCC3. The minimum absolute atomic E-state index is 0.511. The van der Waals surface area contributed by atoms with Crippen LogP contribution in [0.5, 0.6) is 0 Å². The molecule has 0 amide bonds. The normalized spacial score (nSPS) is 21.0. The van der Waals surface area contributed by atoms with Crippen molar-refractivity contribution in [2.45, 2.75) is 51.1 Å². The van der Waals surface area contributed by atoms with Gasteiger partial charge >= 0.3 is 0 Å². The first-order valence-corrected chi connectivity index (χ1v) is 10.8. The third-order valence-corrected chi connectivity index (χ3v) is 7.63. The largest absolute Gasteiger partial charge is 0.383 e. The molecule has 2 aliphatic rings. The Labute approximate surface area is 155 Å². The summed E-state index contributed by atoms with van der Waals surface area (Å²) in [6, 6.07) is 4.91. The summed E-state index contributed by atoms with van der Waals surface area (Å²) >= 11 is 3.69. The highest BCUT2D eigenvalue weighted by molar-refractivity contribution is 7.19. The first-order chi connectivity index (χ1) is 12.3. The molecule has 1 aliphatic heterocycles. The van der Waals surface area contributed by atoms with Crippen LogP contribution in [0, 0.1) is 0 Å². The molecule has 130 valence electrons. The quantitative estimate of drug-likeness (QED) is 0.735. The molecule has 4 heterocycles. The zero-order chi connectivity index (χ0) is 16.8. The molecule has 0 spiro atoms. The van der Waals surface area contributed by atoms with Crippen LogP contribution in [-0.2, 0) is 19.4 Å². The second-order valence-corrected chi connectivity index (χ2v) is 9.12. The second-order valence-electron chi connectivity index (χ2n) is 7.06. The molecule has 3 aromatic heterocycles. The number of fused-ring (bicyclic) bond motifs is 3. The third-order valence-electron chi connectivity index (χ3n) is 5.47. The lowest BCUT2D eigenvalue weighted by Crippen LogP contribution is -2.23. The van der Waals surface area contributed by atoms with Crippen LogP contribution in [0.4, 0.5) is 5.82 Å². The van der Waals surface area contributed by atoms with E-state index >= 15 is 0 Å². The number of hydrogen-bond donors (Lipinski definition) is 1. The highest BCUT2D eigenvalue weighted by Crippen LogP contribution is 2.39. The molecule has 25 heavy (non-hydrogen) atoms. The molecule has 3 aromatic rings. The summed E-state index contributed by atoms with van der Waals surface area (Å²) in [7, 11) is 0. The van der Waals surface area contributed by atoms with E-state index in [1.54, 1.807) is 0 Å². The molecule has 1 aliphatic carbocycles. The van der Waals surface area contributed by atoms with Gasteiger partial charge in [-0.25, -0.2) is 9.97 Å². The maximum Gasteiger partial charge on any atom is 0.146 e. The van der Waals surface area contributed by atoms with Gasteiger partial charge in [0, 0.05) is 15.8 Å². The first-order valence-electron chi connectivity index (χ1n) is 9.13. The van der Waals surface area contributed by atoms with Gasteiger partial charge in [-0.15, -0.1) is 22.7 Å². The van der Waals surface area contributed by atoms with Crippen molar-refractivity contribution in [3.8, 4) is 0 Å². The molecule has 2 N–H and O–H groups in total. The molecule has 1 unspecified atom stereocenters. The van der Waals surface area contributed by atoms with Crippen molar-refractivity contribution in [3.63, 3.8) is 0 Å². The van der Waals surface area contributed by atoms with Gasteiger partial charge in [0.15, 0.2) is 0 Å². The predicted octanol–water partition coefficient (Wildman–Crippen LogP) is 4.55. The summed E-state index contributed by atoms with van der Waals surface area (Å²) in [4.78, 5) is 16.2. The third kappa shape index (κ3) is 2.76. The van der Waals surface area contributed by atoms with Crippen molar-refractivity contribution < 1.29 is 0 Å². The van der Waals surface area contributed by atoms with Gasteiger partial charge in [-0.1, -0.05) is 6.07 Å². The van der Waals surface area contributed by atoms with Crippen LogP contribution in [0.2, 0.25) is 0 Å². The van der Waals surface area contributed by atoms with Gasteiger partial charge in [0.1, 0.15) is 16.5 Å². The smallest absolute Gasteiger partial charge is 0.146 e. The summed E-state index contributed by atoms with van der Waals surface area (Å²) in [5.74, 6) is 1.57. The zero-order valence-corrected chi connectivity index (χ0v) is 15.8. The fraction of sp³-hybridized carbons (Fsp3) is 0.474. The second kappa shape index (κ2) is 6.34. The lowest BCUT2D eigenvalue weighted by Gasteiger charge is -2.22. The Kier molecular flexibility index (Phi) is 3.99. The number of nitrogens with zero attached hydrogens (tertiary/aromatic N) is 3. The van der Waals surface area contributed by atoms with E-state index < -0.39 is 0 Å². The van der Waals surface area contributed by atoms with Crippen molar-refractivity contribution in [2.24, 2.45) is 0 Å². The van der Waals surface area contributed by atoms with E-state index in [1.165, 1.54) is 47.4 Å². The lowest BCUT2D eigenvalue weighted by atomic mass is 9.97. The van der Waals surface area contributed by atoms with E-state index in [9.17, 15) is 0 Å². The molecular weight excluding hydrogens is 348 g/mol. The number of likely N-dealkylation sites (tertiary alicyclic amines) is 1. The van der Waals surface area contributed by atoms with E-state index in [1.807, 2.05) is 22.7 Å². The summed E-state index contributed by atoms with van der Waals surface area (Å²) in [5.41, 5.74) is 7.79. The predicted molar refractivity (Wildman–Crippen MR) is 105 cm³/mol. The monoisotopic (exact) mass is 370 g/mol. The molecule has 0 aromatic carbocycles. The molecule has 5 rings (SSSR count). The van der Waals surface area contributed by atoms with Crippen molar-refractivity contribution in [1.29, 1.82) is 0 Å². The summed E-state index contributed by atoms with van der Waals surface area (Å²) in [6.45, 7) is 1.91. The number of hydrogen-bond acceptors (Lipinski definition) is 6. The Morgan fingerprint density at radius 3 is 3.00 bits per heavy atom. The number of nitrogen functional groups attached to an aromatic ring is 1. The molecule has 0 bridgehead atoms. The topological polar surface area (TPSA) is 55.0 Å². The van der Waals surface area contributed by atoms with E-state index in [0.29, 0.717) is 11.9 Å². The van der Waals surface area contributed by atoms with Crippen LogP contribution in [0.25, 0.3) is 10.2 Å². The van der Waals surface area contributed by atoms with Gasteiger partial charge in [0.05, 0.1) is 11.9 Å². The Morgan fingerprint density at radius 1 is 1.20 bits per heavy atom. The minimum Gasteiger partial charge on any atom is -0.383 e. The molecule has 0 radical (unpaired) electrons. The van der Waals surface area contributed by atoms with Crippen LogP contribution < -0.4 is 5.73 Å². The molecule has 1 fully saturated rings. The number of nitrogens with two attached hydrogens (primary N) is 1. The van der Waals surface area contributed by atoms with Crippen molar-refractivity contribution in [2.75, 3.05) is 12.3 Å². The van der Waals surface area contributed by atoms with Gasteiger partial charge in [-0.2, -0.15) is 0 Å². The molecule has 6 heteroatoms. The maximum absolute atomic E-state index is 6.37. The highest BCUT2D eigenvalue weighted by Gasteiger charge is 2.28. The minimum atomic E-state index is 0.511. The van der Waals surface area contributed by atoms with Gasteiger partial charge in [0.25, 0.3) is 0 Å². The Bertz CT molecular complexity index is 900. The summed E-state index contributed by atoms with van der Waals surface area (Å²) < 4.78 is 0. The molecule has 1 saturated heterocycles. The maximum atomic E-state index is 6.37. The Morgan fingerprint density at radius 2 is 2.12 bits per heavy atom. The molecule has 0 saturated carbocycles. The fourth-order valence-electron chi connectivity index (χ4n) is 4.30. The van der Waals surface area contributed by atoms with Crippen LogP contribution in [-0.4, -0.2) is 21.4 Å². The van der Waals surface area contributed by atoms with Gasteiger partial charge in [-0.05, 0) is 62.1 Å². The number of rotatable bonds is 3. The molecule has 1 atom stereocenters. The molecular formula is C19H22N4S2. The van der Waals surface area contributed by atoms with Crippen molar-refractivity contribution in [1.82, 2.24) is 14.9 Å². The van der Waals surface area contributed by atoms with Crippen LogP contribution in [0.3, 0.4) is 0 Å². The number of aryl methyl sites for hydroxylation is 2. The summed E-state index contributed by atoms with van der Waals surface area (Å²) in [6.07, 6.45) is 7.33. The van der Waals surface area contributed by atoms with Crippen LogP contribution in [0.1, 0.15) is 52.9 Å². The highest BCUT2D eigenvalue weighted by atomic mass is 32.1. The standard InChI is InChI=1S/C19H22N4S2/c20-18-17-12-5-1-2-7-14(12)25-19(17)22-16(21-18)11-23-9-3-6-13(23)15-8-4-10-24-15/h4,8,10,13H,1-3,5-7,9,11H2,(H2,20,21,22). The number of aromatic nitrogens is 2. The molecule has 4 nitrogen and oxygen atoms in total. The van der Waals surface area contributed by atoms with Gasteiger partial charge in [-0.3, -0.25) is 4.90 Å². The lowest BCUT2D eigenvalue weighted by molar-refractivity contribution is 0.246. The van der Waals surface area contributed by atoms with Crippen LogP contribution >= 0.6 is 22.7 Å². The van der Waals surface area contributed by atoms with E-state index in [-0.39, 0.29) is 0 Å². The average molecular weight is 371 g/mol. The van der Waals surface area contributed by atoms with E-state index in [0.717, 1.165) is 35.6 Å². The van der Waals surface area contributed by atoms with Crippen molar-refractivity contribution in [3.05, 3.63) is 38.7 Å². The first kappa shape index (κ1) is 15.7. The van der Waals surface area contributed by atoms with Gasteiger partial charge in [0.2, 0.25) is 0 Å². The fourth-order valence-corrected chi connectivity index (χ4v) is 6.49. The van der Waals surface area contributed by atoms with Crippen molar-refractivity contribution >= 4 is 38.7 Å². The number of thiophene rings is 2. The summed E-state index contributed by atoms with van der Waals surface area (Å²) in [5, 5.41) is 3.31. The Balaban J connectivity index is 1.47. The van der Waals surface area contributed by atoms with E-state index in [4.69, 9.17) is 15.7 Å².